The van der Waals surface area contributed by atoms with Gasteiger partial charge in [-0.2, -0.15) is 13.2 Å². The molecule has 0 amide bonds. The summed E-state index contributed by atoms with van der Waals surface area (Å²) in [6, 6.07) is 16.8. The van der Waals surface area contributed by atoms with Gasteiger partial charge in [-0.05, 0) is 43.0 Å². The number of hydrogen-bond acceptors (Lipinski definition) is 2. The zero-order valence-electron chi connectivity index (χ0n) is 15.5. The Balaban J connectivity index is 1.62. The van der Waals surface area contributed by atoms with E-state index in [9.17, 15) is 18.0 Å². The molecular weight excluding hydrogens is 363 g/mol. The molecule has 0 atom stereocenters. The van der Waals surface area contributed by atoms with Crippen molar-refractivity contribution in [3.8, 4) is 11.1 Å². The SMILES string of the molecule is Cc1ncccc1-c1ccc(CCCC(=O)c2ccccc2C(F)(F)F)cc1. The molecule has 2 nitrogen and oxygen atoms in total. The van der Waals surface area contributed by atoms with Crippen molar-refractivity contribution in [1.82, 2.24) is 4.98 Å². The normalized spacial score (nSPS) is 11.4. The first-order valence-electron chi connectivity index (χ1n) is 9.06. The van der Waals surface area contributed by atoms with Gasteiger partial charge in [0.1, 0.15) is 0 Å². The minimum Gasteiger partial charge on any atom is -0.294 e. The van der Waals surface area contributed by atoms with Crippen LogP contribution in [0.2, 0.25) is 0 Å². The Morgan fingerprint density at radius 1 is 0.964 bits per heavy atom. The lowest BCUT2D eigenvalue weighted by molar-refractivity contribution is -0.137. The molecule has 1 aromatic heterocycles. The highest BCUT2D eigenvalue weighted by Crippen LogP contribution is 2.32. The number of hydrogen-bond donors (Lipinski definition) is 0. The lowest BCUT2D eigenvalue weighted by atomic mass is 9.97. The van der Waals surface area contributed by atoms with E-state index in [0.29, 0.717) is 12.8 Å². The molecule has 0 saturated heterocycles. The Morgan fingerprint density at radius 3 is 2.36 bits per heavy atom. The van der Waals surface area contributed by atoms with Crippen LogP contribution < -0.4 is 0 Å². The number of Topliss-reactive ketones (excluding diaryl/α,β-unsaturated/α-hetero) is 1. The van der Waals surface area contributed by atoms with E-state index in [4.69, 9.17) is 0 Å². The number of nitrogens with zero attached hydrogens (tertiary/aromatic N) is 1. The molecule has 28 heavy (non-hydrogen) atoms. The van der Waals surface area contributed by atoms with Crippen molar-refractivity contribution in [2.45, 2.75) is 32.4 Å². The van der Waals surface area contributed by atoms with Crippen LogP contribution in [0.4, 0.5) is 13.2 Å². The molecule has 0 saturated carbocycles. The van der Waals surface area contributed by atoms with E-state index in [-0.39, 0.29) is 12.0 Å². The summed E-state index contributed by atoms with van der Waals surface area (Å²) in [7, 11) is 0. The van der Waals surface area contributed by atoms with E-state index in [2.05, 4.69) is 4.98 Å². The van der Waals surface area contributed by atoms with Gasteiger partial charge in [-0.15, -0.1) is 0 Å². The summed E-state index contributed by atoms with van der Waals surface area (Å²) in [5, 5.41) is 0. The Bertz CT molecular complexity index is 962. The van der Waals surface area contributed by atoms with E-state index in [1.165, 1.54) is 18.2 Å². The number of rotatable bonds is 6. The van der Waals surface area contributed by atoms with Gasteiger partial charge < -0.3 is 0 Å². The predicted octanol–water partition coefficient (Wildman–Crippen LogP) is 6.28. The Labute approximate surface area is 162 Å². The molecule has 0 unspecified atom stereocenters. The molecule has 0 aliphatic carbocycles. The van der Waals surface area contributed by atoms with Gasteiger partial charge >= 0.3 is 6.18 Å². The number of alkyl halides is 3. The second-order valence-electron chi connectivity index (χ2n) is 6.65. The molecule has 5 heteroatoms. The molecule has 0 radical (unpaired) electrons. The predicted molar refractivity (Wildman–Crippen MR) is 103 cm³/mol. The minimum atomic E-state index is -4.52. The van der Waals surface area contributed by atoms with Crippen LogP contribution in [0.5, 0.6) is 0 Å². The molecule has 3 rings (SSSR count). The molecule has 0 spiro atoms. The average molecular weight is 383 g/mol. The van der Waals surface area contributed by atoms with Crippen LogP contribution >= 0.6 is 0 Å². The maximum absolute atomic E-state index is 13.0. The van der Waals surface area contributed by atoms with Gasteiger partial charge in [0, 0.05) is 29.4 Å². The highest BCUT2D eigenvalue weighted by Gasteiger charge is 2.34. The zero-order valence-corrected chi connectivity index (χ0v) is 15.5. The number of halogens is 3. The largest absolute Gasteiger partial charge is 0.417 e. The third kappa shape index (κ3) is 4.66. The molecule has 0 fully saturated rings. The summed E-state index contributed by atoms with van der Waals surface area (Å²) < 4.78 is 39.1. The van der Waals surface area contributed by atoms with Crippen LogP contribution in [-0.4, -0.2) is 10.8 Å². The number of ketones is 1. The number of pyridine rings is 1. The van der Waals surface area contributed by atoms with Crippen LogP contribution in [0.1, 0.15) is 40.0 Å². The molecule has 1 heterocycles. The maximum atomic E-state index is 13.0. The molecule has 0 aliphatic heterocycles. The smallest absolute Gasteiger partial charge is 0.294 e. The Morgan fingerprint density at radius 2 is 1.68 bits per heavy atom. The summed E-state index contributed by atoms with van der Waals surface area (Å²) in [6.07, 6.45) is -1.56. The molecule has 2 aromatic carbocycles. The molecule has 144 valence electrons. The van der Waals surface area contributed by atoms with Crippen LogP contribution in [0.3, 0.4) is 0 Å². The van der Waals surface area contributed by atoms with Crippen LogP contribution in [0.15, 0.2) is 66.9 Å². The summed E-state index contributed by atoms with van der Waals surface area (Å²) >= 11 is 0. The lowest BCUT2D eigenvalue weighted by Gasteiger charge is -2.11. The van der Waals surface area contributed by atoms with E-state index < -0.39 is 17.5 Å². The second kappa shape index (κ2) is 8.38. The standard InChI is InChI=1S/C23H20F3NO/c1-16-19(8-5-15-27-16)18-13-11-17(12-14-18)6-4-10-22(28)20-7-2-3-9-21(20)23(24,25)26/h2-3,5,7-9,11-15H,4,6,10H2,1H3. The lowest BCUT2D eigenvalue weighted by Crippen LogP contribution is -2.13. The van der Waals surface area contributed by atoms with Gasteiger partial charge in [0.15, 0.2) is 5.78 Å². The number of benzene rings is 2. The third-order valence-electron chi connectivity index (χ3n) is 4.67. The van der Waals surface area contributed by atoms with Gasteiger partial charge in [-0.3, -0.25) is 9.78 Å². The van der Waals surface area contributed by atoms with Crippen LogP contribution in [-0.2, 0) is 12.6 Å². The first-order chi connectivity index (χ1) is 13.4. The fraction of sp³-hybridized carbons (Fsp3) is 0.217. The van der Waals surface area contributed by atoms with Crippen molar-refractivity contribution in [3.05, 3.63) is 89.2 Å². The van der Waals surface area contributed by atoms with Crippen LogP contribution in [0.25, 0.3) is 11.1 Å². The van der Waals surface area contributed by atoms with E-state index in [1.54, 1.807) is 6.20 Å². The van der Waals surface area contributed by atoms with Crippen molar-refractivity contribution in [2.24, 2.45) is 0 Å². The zero-order chi connectivity index (χ0) is 20.1. The minimum absolute atomic E-state index is 0.0799. The monoisotopic (exact) mass is 383 g/mol. The molecular formula is C23H20F3NO. The topological polar surface area (TPSA) is 30.0 Å². The highest BCUT2D eigenvalue weighted by molar-refractivity contribution is 5.97. The molecule has 0 bridgehead atoms. The fourth-order valence-electron chi connectivity index (χ4n) is 3.20. The molecule has 0 N–H and O–H groups in total. The van der Waals surface area contributed by atoms with Crippen molar-refractivity contribution in [1.29, 1.82) is 0 Å². The third-order valence-corrected chi connectivity index (χ3v) is 4.67. The molecule has 0 aliphatic rings. The first kappa shape index (κ1) is 19.8. The molecule has 3 aromatic rings. The van der Waals surface area contributed by atoms with Crippen molar-refractivity contribution in [3.63, 3.8) is 0 Å². The van der Waals surface area contributed by atoms with Crippen molar-refractivity contribution in [2.75, 3.05) is 0 Å². The maximum Gasteiger partial charge on any atom is 0.417 e. The Hall–Kier alpha value is -2.95. The summed E-state index contributed by atoms with van der Waals surface area (Å²) in [4.78, 5) is 16.6. The van der Waals surface area contributed by atoms with Gasteiger partial charge in [0.2, 0.25) is 0 Å². The van der Waals surface area contributed by atoms with E-state index in [1.807, 2.05) is 43.3 Å². The number of carbonyl (C=O) groups is 1. The summed E-state index contributed by atoms with van der Waals surface area (Å²) in [6.45, 7) is 1.95. The van der Waals surface area contributed by atoms with Crippen molar-refractivity contribution >= 4 is 5.78 Å². The van der Waals surface area contributed by atoms with E-state index in [0.717, 1.165) is 28.5 Å². The number of carbonyl (C=O) groups excluding carboxylic acids is 1. The van der Waals surface area contributed by atoms with Crippen molar-refractivity contribution < 1.29 is 18.0 Å². The average Bonchev–Trinajstić information content (AvgIpc) is 2.68. The fourth-order valence-corrected chi connectivity index (χ4v) is 3.20. The number of aryl methyl sites for hydroxylation is 2. The van der Waals surface area contributed by atoms with Gasteiger partial charge in [0.05, 0.1) is 5.56 Å². The van der Waals surface area contributed by atoms with Gasteiger partial charge in [0.25, 0.3) is 0 Å². The quantitative estimate of drug-likeness (QED) is 0.469. The van der Waals surface area contributed by atoms with Crippen LogP contribution in [0, 0.1) is 6.92 Å². The summed E-state index contributed by atoms with van der Waals surface area (Å²) in [5.74, 6) is -0.476. The Kier molecular flexibility index (Phi) is 5.93. The number of aromatic nitrogens is 1. The highest BCUT2D eigenvalue weighted by atomic mass is 19.4. The van der Waals surface area contributed by atoms with E-state index >= 15 is 0 Å². The second-order valence-corrected chi connectivity index (χ2v) is 6.65. The summed E-state index contributed by atoms with van der Waals surface area (Å²) in [5.41, 5.74) is 3.00. The van der Waals surface area contributed by atoms with Gasteiger partial charge in [-0.1, -0.05) is 48.5 Å². The van der Waals surface area contributed by atoms with Gasteiger partial charge in [-0.25, -0.2) is 0 Å². The first-order valence-corrected chi connectivity index (χ1v) is 9.06.